The first-order chi connectivity index (χ1) is 17.7. The van der Waals surface area contributed by atoms with Crippen molar-refractivity contribution in [3.8, 4) is 0 Å². The number of nitrogens with one attached hydrogen (secondary N) is 2. The van der Waals surface area contributed by atoms with Crippen LogP contribution in [-0.2, 0) is 6.18 Å². The summed E-state index contributed by atoms with van der Waals surface area (Å²) in [5.74, 6) is -3.64. The van der Waals surface area contributed by atoms with Crippen molar-refractivity contribution in [3.05, 3.63) is 87.1 Å². The van der Waals surface area contributed by atoms with Gasteiger partial charge in [0.15, 0.2) is 0 Å². The highest BCUT2D eigenvalue weighted by Gasteiger charge is 2.42. The largest absolute Gasteiger partial charge is 0.416 e. The number of halogens is 7. The molecule has 0 bridgehead atoms. The Kier molecular flexibility index (Phi) is 6.05. The molecule has 38 heavy (non-hydrogen) atoms. The molecule has 2 N–H and O–H groups in total. The van der Waals surface area contributed by atoms with E-state index >= 15 is 0 Å². The zero-order chi connectivity index (χ0) is 27.6. The molecule has 0 aliphatic carbocycles. The molecular formula is C25H17ClF6N4O2. The average molecular weight is 555 g/mol. The summed E-state index contributed by atoms with van der Waals surface area (Å²) in [6, 6.07) is 5.04. The maximum Gasteiger partial charge on any atom is 0.416 e. The van der Waals surface area contributed by atoms with Gasteiger partial charge in [0.2, 0.25) is 0 Å². The normalized spacial score (nSPS) is 18.1. The third-order valence-electron chi connectivity index (χ3n) is 6.19. The number of benzene rings is 2. The van der Waals surface area contributed by atoms with Gasteiger partial charge < -0.3 is 15.5 Å². The molecule has 2 aliphatic rings. The molecule has 0 radical (unpaired) electrons. The molecule has 1 fully saturated rings. The summed E-state index contributed by atoms with van der Waals surface area (Å²) < 4.78 is 81.7. The molecule has 3 heterocycles. The average Bonchev–Trinajstić information content (AvgIpc) is 3.14. The van der Waals surface area contributed by atoms with Crippen LogP contribution in [0.3, 0.4) is 0 Å². The lowest BCUT2D eigenvalue weighted by molar-refractivity contribution is -0.137. The second-order valence-electron chi connectivity index (χ2n) is 9.31. The molecule has 1 unspecified atom stereocenters. The van der Waals surface area contributed by atoms with Crippen molar-refractivity contribution < 1.29 is 35.9 Å². The minimum Gasteiger partial charge on any atom is -0.350 e. The van der Waals surface area contributed by atoms with Gasteiger partial charge in [-0.05, 0) is 43.3 Å². The van der Waals surface area contributed by atoms with Crippen LogP contribution in [0.4, 0.5) is 37.8 Å². The fourth-order valence-electron chi connectivity index (χ4n) is 4.50. The van der Waals surface area contributed by atoms with Crippen molar-refractivity contribution in [1.82, 2.24) is 10.3 Å². The first-order valence-corrected chi connectivity index (χ1v) is 11.5. The van der Waals surface area contributed by atoms with Crippen LogP contribution in [0.1, 0.15) is 50.5 Å². The molecule has 1 aromatic heterocycles. The Bertz CT molecular complexity index is 1490. The first kappa shape index (κ1) is 25.8. The van der Waals surface area contributed by atoms with E-state index in [1.165, 1.54) is 24.0 Å². The maximum absolute atomic E-state index is 14.2. The Balaban J connectivity index is 1.61. The lowest BCUT2D eigenvalue weighted by Gasteiger charge is -2.43. The van der Waals surface area contributed by atoms with Crippen LogP contribution in [0.2, 0.25) is 5.02 Å². The fraction of sp³-hybridized carbons (Fsp3) is 0.240. The predicted molar refractivity (Wildman–Crippen MR) is 126 cm³/mol. The summed E-state index contributed by atoms with van der Waals surface area (Å²) in [7, 11) is 0. The first-order valence-electron chi connectivity index (χ1n) is 11.2. The monoisotopic (exact) mass is 554 g/mol. The highest BCUT2D eigenvalue weighted by molar-refractivity contribution is 6.31. The minimum absolute atomic E-state index is 0.0637. The van der Waals surface area contributed by atoms with Gasteiger partial charge in [0.05, 0.1) is 30.4 Å². The van der Waals surface area contributed by atoms with Gasteiger partial charge in [-0.25, -0.2) is 18.2 Å². The zero-order valence-corrected chi connectivity index (χ0v) is 20.1. The molecule has 1 atom stereocenters. The van der Waals surface area contributed by atoms with E-state index < -0.39 is 52.5 Å². The zero-order valence-electron chi connectivity index (χ0n) is 19.4. The van der Waals surface area contributed by atoms with Crippen molar-refractivity contribution in [3.63, 3.8) is 0 Å². The topological polar surface area (TPSA) is 74.3 Å². The lowest BCUT2D eigenvalue weighted by atomic mass is 9.96. The van der Waals surface area contributed by atoms with Gasteiger partial charge in [-0.2, -0.15) is 13.2 Å². The van der Waals surface area contributed by atoms with Gasteiger partial charge in [-0.1, -0.05) is 11.6 Å². The van der Waals surface area contributed by atoms with Crippen molar-refractivity contribution >= 4 is 34.9 Å². The molecule has 6 nitrogen and oxygen atoms in total. The number of anilines is 2. The molecule has 13 heteroatoms. The van der Waals surface area contributed by atoms with Gasteiger partial charge in [0.25, 0.3) is 11.8 Å². The predicted octanol–water partition coefficient (Wildman–Crippen LogP) is 5.67. The summed E-state index contributed by atoms with van der Waals surface area (Å²) in [5.41, 5.74) is -3.58. The molecule has 5 rings (SSSR count). The number of hydrogen-bond acceptors (Lipinski definition) is 4. The Hall–Kier alpha value is -3.80. The van der Waals surface area contributed by atoms with E-state index in [-0.39, 0.29) is 52.5 Å². The van der Waals surface area contributed by atoms with Gasteiger partial charge in [0.1, 0.15) is 28.8 Å². The van der Waals surface area contributed by atoms with Crippen molar-refractivity contribution in [1.29, 1.82) is 0 Å². The van der Waals surface area contributed by atoms with Crippen LogP contribution in [-0.4, -0.2) is 35.6 Å². The Morgan fingerprint density at radius 2 is 1.84 bits per heavy atom. The van der Waals surface area contributed by atoms with Crippen LogP contribution < -0.4 is 15.5 Å². The van der Waals surface area contributed by atoms with Crippen molar-refractivity contribution in [2.75, 3.05) is 23.3 Å². The molecule has 2 amide bonds. The summed E-state index contributed by atoms with van der Waals surface area (Å²) in [6.07, 6.45) is -4.91. The second-order valence-corrected chi connectivity index (χ2v) is 9.72. The van der Waals surface area contributed by atoms with Crippen LogP contribution in [0.5, 0.6) is 0 Å². The van der Waals surface area contributed by atoms with E-state index in [1.807, 2.05) is 0 Å². The van der Waals surface area contributed by atoms with Crippen LogP contribution >= 0.6 is 11.6 Å². The highest BCUT2D eigenvalue weighted by atomic mass is 35.5. The molecule has 2 aliphatic heterocycles. The van der Waals surface area contributed by atoms with E-state index in [2.05, 4.69) is 15.6 Å². The summed E-state index contributed by atoms with van der Waals surface area (Å²) >= 11 is 6.24. The van der Waals surface area contributed by atoms with Gasteiger partial charge in [-0.3, -0.25) is 9.59 Å². The molecule has 1 saturated heterocycles. The molecule has 2 aromatic carbocycles. The minimum atomic E-state index is -4.91. The van der Waals surface area contributed by atoms with E-state index in [9.17, 15) is 35.9 Å². The summed E-state index contributed by atoms with van der Waals surface area (Å²) in [5, 5.41) is 5.11. The number of amides is 2. The van der Waals surface area contributed by atoms with E-state index in [0.717, 1.165) is 12.1 Å². The number of hydrogen-bond donors (Lipinski definition) is 2. The highest BCUT2D eigenvalue weighted by Crippen LogP contribution is 2.41. The standard InChI is InChI=1S/C25H17ClF6N4O2/c1-24(29)9-36(10-24)18-8-17(33-22(37)11-4-12(25(30,31)32)6-14(28)5-11)19-20(35-23(38)21(19)34-18)15-7-13(27)2-3-16(15)26/h2-8,20H,9-10H2,1H3,(H,35,38)(H,33,34,37). The smallest absolute Gasteiger partial charge is 0.350 e. The van der Waals surface area contributed by atoms with Crippen LogP contribution in [0.15, 0.2) is 42.5 Å². The van der Waals surface area contributed by atoms with Crippen molar-refractivity contribution in [2.45, 2.75) is 24.8 Å². The number of carbonyl (C=O) groups is 2. The maximum atomic E-state index is 14.2. The third-order valence-corrected chi connectivity index (χ3v) is 6.54. The fourth-order valence-corrected chi connectivity index (χ4v) is 4.73. The van der Waals surface area contributed by atoms with E-state index in [4.69, 9.17) is 11.6 Å². The molecule has 3 aromatic rings. The van der Waals surface area contributed by atoms with Gasteiger partial charge >= 0.3 is 6.18 Å². The number of rotatable bonds is 4. The van der Waals surface area contributed by atoms with Crippen molar-refractivity contribution in [2.24, 2.45) is 0 Å². The van der Waals surface area contributed by atoms with Gasteiger partial charge in [-0.15, -0.1) is 0 Å². The van der Waals surface area contributed by atoms with Gasteiger partial charge in [0, 0.05) is 27.8 Å². The summed E-state index contributed by atoms with van der Waals surface area (Å²) in [6.45, 7) is 1.24. The SMILES string of the molecule is CC1(F)CN(c2cc(NC(=O)c3cc(F)cc(C(F)(F)F)c3)c3c(n2)C(=O)NC3c2cc(F)ccc2Cl)C1. The quantitative estimate of drug-likeness (QED) is 0.408. The molecule has 198 valence electrons. The molecule has 0 saturated carbocycles. The lowest BCUT2D eigenvalue weighted by Crippen LogP contribution is -2.57. The number of aromatic nitrogens is 1. The number of pyridine rings is 1. The second kappa shape index (κ2) is 8.90. The molecular weight excluding hydrogens is 538 g/mol. The number of nitrogens with zero attached hydrogens (tertiary/aromatic N) is 2. The number of alkyl halides is 4. The summed E-state index contributed by atoms with van der Waals surface area (Å²) in [4.78, 5) is 31.7. The Morgan fingerprint density at radius 1 is 1.13 bits per heavy atom. The Morgan fingerprint density at radius 3 is 2.50 bits per heavy atom. The van der Waals surface area contributed by atoms with E-state index in [0.29, 0.717) is 12.1 Å². The van der Waals surface area contributed by atoms with E-state index in [1.54, 1.807) is 0 Å². The van der Waals surface area contributed by atoms with Crippen LogP contribution in [0, 0.1) is 11.6 Å². The number of carbonyl (C=O) groups excluding carboxylic acids is 2. The number of fused-ring (bicyclic) bond motifs is 1. The third kappa shape index (κ3) is 4.75. The Labute approximate surface area is 216 Å². The molecule has 0 spiro atoms. The van der Waals surface area contributed by atoms with Crippen LogP contribution in [0.25, 0.3) is 0 Å².